The van der Waals surface area contributed by atoms with Gasteiger partial charge in [-0.2, -0.15) is 4.98 Å². The first kappa shape index (κ1) is 25.4. The van der Waals surface area contributed by atoms with Gasteiger partial charge < -0.3 is 21.1 Å². The maximum absolute atomic E-state index is 14.8. The molecule has 0 amide bonds. The van der Waals surface area contributed by atoms with Crippen molar-refractivity contribution in [1.29, 1.82) is 0 Å². The molecule has 0 unspecified atom stereocenters. The number of aromatic nitrogens is 5. The lowest BCUT2D eigenvalue weighted by Crippen LogP contribution is -2.49. The van der Waals surface area contributed by atoms with E-state index in [1.807, 2.05) is 4.90 Å². The van der Waals surface area contributed by atoms with Crippen LogP contribution < -0.4 is 16.0 Å². The summed E-state index contributed by atoms with van der Waals surface area (Å²) in [5.74, 6) is -0.467. The molecule has 1 aromatic carbocycles. The van der Waals surface area contributed by atoms with Gasteiger partial charge in [0.25, 0.3) is 6.43 Å². The number of hydrogen-bond acceptors (Lipinski definition) is 8. The van der Waals surface area contributed by atoms with E-state index in [-0.39, 0.29) is 42.9 Å². The number of rotatable bonds is 6. The van der Waals surface area contributed by atoms with E-state index in [2.05, 4.69) is 25.4 Å². The highest BCUT2D eigenvalue weighted by Gasteiger charge is 2.40. The van der Waals surface area contributed by atoms with Crippen molar-refractivity contribution in [3.05, 3.63) is 60.4 Å². The van der Waals surface area contributed by atoms with Crippen LogP contribution in [0.3, 0.4) is 0 Å². The topological polar surface area (TPSA) is 118 Å². The van der Waals surface area contributed by atoms with Crippen LogP contribution in [0.2, 0.25) is 0 Å². The molecule has 0 bridgehead atoms. The number of aryl methyl sites for hydroxylation is 1. The van der Waals surface area contributed by atoms with Crippen molar-refractivity contribution in [3.63, 3.8) is 0 Å². The van der Waals surface area contributed by atoms with Gasteiger partial charge in [-0.1, -0.05) is 0 Å². The Balaban J connectivity index is 1.29. The van der Waals surface area contributed by atoms with Crippen molar-refractivity contribution >= 4 is 23.3 Å². The fourth-order valence-corrected chi connectivity index (χ4v) is 4.27. The van der Waals surface area contributed by atoms with E-state index in [4.69, 9.17) is 5.73 Å². The summed E-state index contributed by atoms with van der Waals surface area (Å²) in [7, 11) is 1.67. The molecule has 1 aliphatic heterocycles. The second-order valence-electron chi connectivity index (χ2n) is 9.06. The van der Waals surface area contributed by atoms with Crippen molar-refractivity contribution in [2.24, 2.45) is 7.05 Å². The van der Waals surface area contributed by atoms with Crippen LogP contribution in [0, 0.1) is 11.6 Å². The Bertz CT molecular complexity index is 1450. The Labute approximate surface area is 215 Å². The Morgan fingerprint density at radius 2 is 1.82 bits per heavy atom. The fourth-order valence-electron chi connectivity index (χ4n) is 4.27. The third-order valence-corrected chi connectivity index (χ3v) is 6.56. The standard InChI is InChI=1S/C25H24F4N8O/c1-36-24(33-15-3-4-16(18(26)12-15)17-6-9-31-21(30)20(17)27)34-22(35-36)14-2-5-19(32-13-14)37-10-7-25(38,8-11-37)23(28)29/h2-6,9,12-13,23,38H,7-8,10-11H2,1H3,(H2,30,31)(H,33,34,35). The lowest BCUT2D eigenvalue weighted by atomic mass is 9.92. The smallest absolute Gasteiger partial charge is 0.266 e. The summed E-state index contributed by atoms with van der Waals surface area (Å²) in [6.45, 7) is 0.527. The third-order valence-electron chi connectivity index (χ3n) is 6.56. The number of pyridine rings is 2. The number of nitrogens with zero attached hydrogens (tertiary/aromatic N) is 6. The highest BCUT2D eigenvalue weighted by molar-refractivity contribution is 5.70. The SMILES string of the molecule is Cn1nc(-c2ccc(N3CCC(O)(C(F)F)CC3)nc2)nc1Nc1ccc(-c2ccnc(N)c2F)c(F)c1. The van der Waals surface area contributed by atoms with Crippen LogP contribution in [0.5, 0.6) is 0 Å². The van der Waals surface area contributed by atoms with Gasteiger partial charge in [-0.25, -0.2) is 32.2 Å². The molecule has 1 saturated heterocycles. The quantitative estimate of drug-likeness (QED) is 0.320. The summed E-state index contributed by atoms with van der Waals surface area (Å²) in [5, 5.41) is 17.3. The molecule has 0 spiro atoms. The summed E-state index contributed by atoms with van der Waals surface area (Å²) in [6, 6.07) is 9.07. The van der Waals surface area contributed by atoms with E-state index in [0.717, 1.165) is 0 Å². The zero-order valence-corrected chi connectivity index (χ0v) is 20.2. The average Bonchev–Trinajstić information content (AvgIpc) is 3.26. The van der Waals surface area contributed by atoms with Gasteiger partial charge in [0.2, 0.25) is 5.95 Å². The lowest BCUT2D eigenvalue weighted by molar-refractivity contribution is -0.109. The molecule has 1 fully saturated rings. The van der Waals surface area contributed by atoms with E-state index in [9.17, 15) is 22.7 Å². The van der Waals surface area contributed by atoms with Gasteiger partial charge in [-0.05, 0) is 49.2 Å². The minimum atomic E-state index is -2.78. The molecule has 9 nitrogen and oxygen atoms in total. The van der Waals surface area contributed by atoms with Crippen LogP contribution in [-0.4, -0.2) is 55.0 Å². The molecule has 0 aliphatic carbocycles. The van der Waals surface area contributed by atoms with E-state index >= 15 is 0 Å². The van der Waals surface area contributed by atoms with Crippen LogP contribution in [0.1, 0.15) is 12.8 Å². The van der Waals surface area contributed by atoms with Crippen LogP contribution in [0.25, 0.3) is 22.5 Å². The van der Waals surface area contributed by atoms with Gasteiger partial charge in [0, 0.05) is 54.9 Å². The Morgan fingerprint density at radius 3 is 2.47 bits per heavy atom. The van der Waals surface area contributed by atoms with Crippen LogP contribution in [-0.2, 0) is 7.05 Å². The minimum absolute atomic E-state index is 0.00713. The molecule has 1 aliphatic rings. The van der Waals surface area contributed by atoms with Gasteiger partial charge >= 0.3 is 0 Å². The van der Waals surface area contributed by atoms with Gasteiger partial charge in [0.15, 0.2) is 17.5 Å². The molecule has 198 valence electrons. The molecule has 13 heteroatoms. The van der Waals surface area contributed by atoms with Crippen molar-refractivity contribution in [3.8, 4) is 22.5 Å². The zero-order chi connectivity index (χ0) is 27.0. The van der Waals surface area contributed by atoms with Gasteiger partial charge in [0.1, 0.15) is 17.2 Å². The summed E-state index contributed by atoms with van der Waals surface area (Å²) in [6.07, 6.45) is 0.0135. The third kappa shape index (κ3) is 4.84. The second kappa shape index (κ2) is 9.89. The monoisotopic (exact) mass is 528 g/mol. The van der Waals surface area contributed by atoms with E-state index in [1.165, 1.54) is 29.1 Å². The number of halogens is 4. The number of benzene rings is 1. The maximum atomic E-state index is 14.8. The molecule has 0 radical (unpaired) electrons. The number of anilines is 4. The van der Waals surface area contributed by atoms with Crippen molar-refractivity contribution in [2.75, 3.05) is 29.0 Å². The Kier molecular flexibility index (Phi) is 6.61. The second-order valence-corrected chi connectivity index (χ2v) is 9.06. The van der Waals surface area contributed by atoms with Crippen LogP contribution >= 0.6 is 0 Å². The average molecular weight is 529 g/mol. The Morgan fingerprint density at radius 1 is 1.05 bits per heavy atom. The van der Waals surface area contributed by atoms with Gasteiger partial charge in [-0.3, -0.25) is 0 Å². The minimum Gasteiger partial charge on any atom is -0.384 e. The predicted octanol–water partition coefficient (Wildman–Crippen LogP) is 4.14. The molecule has 4 aromatic rings. The van der Waals surface area contributed by atoms with Crippen molar-refractivity contribution < 1.29 is 22.7 Å². The summed E-state index contributed by atoms with van der Waals surface area (Å²) in [5.41, 5.74) is 4.58. The molecule has 0 saturated carbocycles. The molecule has 0 atom stereocenters. The van der Waals surface area contributed by atoms with Gasteiger partial charge in [-0.15, -0.1) is 5.10 Å². The summed E-state index contributed by atoms with van der Waals surface area (Å²) in [4.78, 5) is 14.4. The number of nitrogen functional groups attached to an aromatic ring is 1. The first-order valence-electron chi connectivity index (χ1n) is 11.7. The van der Waals surface area contributed by atoms with Crippen molar-refractivity contribution in [1.82, 2.24) is 24.7 Å². The number of nitrogens with one attached hydrogen (secondary N) is 1. The van der Waals surface area contributed by atoms with E-state index in [0.29, 0.717) is 28.8 Å². The lowest BCUT2D eigenvalue weighted by Gasteiger charge is -2.38. The number of alkyl halides is 2. The molecular weight excluding hydrogens is 504 g/mol. The number of aliphatic hydroxyl groups is 1. The molecule has 4 heterocycles. The largest absolute Gasteiger partial charge is 0.384 e. The molecule has 5 rings (SSSR count). The van der Waals surface area contributed by atoms with Gasteiger partial charge in [0.05, 0.1) is 0 Å². The zero-order valence-electron chi connectivity index (χ0n) is 20.2. The van der Waals surface area contributed by atoms with Crippen LogP contribution in [0.15, 0.2) is 48.8 Å². The highest BCUT2D eigenvalue weighted by atomic mass is 19.3. The number of nitrogens with two attached hydrogens (primary N) is 1. The molecular formula is C25H24F4N8O. The highest BCUT2D eigenvalue weighted by Crippen LogP contribution is 2.32. The first-order chi connectivity index (χ1) is 18.1. The van der Waals surface area contributed by atoms with E-state index < -0.39 is 23.7 Å². The van der Waals surface area contributed by atoms with E-state index in [1.54, 1.807) is 31.4 Å². The Hall–Kier alpha value is -4.26. The predicted molar refractivity (Wildman–Crippen MR) is 134 cm³/mol. The summed E-state index contributed by atoms with van der Waals surface area (Å²) < 4.78 is 56.7. The molecule has 3 aromatic heterocycles. The maximum Gasteiger partial charge on any atom is 0.266 e. The molecule has 4 N–H and O–H groups in total. The fraction of sp³-hybridized carbons (Fsp3) is 0.280. The van der Waals surface area contributed by atoms with Crippen LogP contribution in [0.4, 0.5) is 40.8 Å². The first-order valence-corrected chi connectivity index (χ1v) is 11.7. The molecule has 38 heavy (non-hydrogen) atoms. The number of hydrogen-bond donors (Lipinski definition) is 3. The number of piperidine rings is 1. The van der Waals surface area contributed by atoms with Crippen molar-refractivity contribution in [2.45, 2.75) is 24.9 Å². The normalized spacial score (nSPS) is 15.2. The summed E-state index contributed by atoms with van der Waals surface area (Å²) >= 11 is 0.